The highest BCUT2D eigenvalue weighted by Crippen LogP contribution is 2.37. The molecule has 1 heterocycles. The summed E-state index contributed by atoms with van der Waals surface area (Å²) in [5, 5.41) is 2.42. The van der Waals surface area contributed by atoms with E-state index in [1.54, 1.807) is 41.5 Å². The zero-order chi connectivity index (χ0) is 24.2. The Morgan fingerprint density at radius 2 is 1.78 bits per heavy atom. The molecule has 1 saturated heterocycles. The van der Waals surface area contributed by atoms with E-state index in [1.165, 1.54) is 18.1 Å². The summed E-state index contributed by atoms with van der Waals surface area (Å²) in [5.74, 6) is -0.795. The van der Waals surface area contributed by atoms with Gasteiger partial charge in [0, 0.05) is 0 Å². The lowest BCUT2D eigenvalue weighted by atomic mass is 9.99. The van der Waals surface area contributed by atoms with Crippen molar-refractivity contribution in [1.82, 2.24) is 10.2 Å². The van der Waals surface area contributed by atoms with Crippen molar-refractivity contribution in [2.75, 3.05) is 13.7 Å². The summed E-state index contributed by atoms with van der Waals surface area (Å²) in [5.41, 5.74) is -2.24. The minimum absolute atomic E-state index is 0.0264. The van der Waals surface area contributed by atoms with Crippen molar-refractivity contribution in [2.45, 2.75) is 65.0 Å². The number of hydrogen-bond donors (Lipinski definition) is 1. The molecule has 1 N–H and O–H groups in total. The van der Waals surface area contributed by atoms with Crippen LogP contribution in [0.4, 0.5) is 9.59 Å². The van der Waals surface area contributed by atoms with Crippen LogP contribution in [0.15, 0.2) is 42.1 Å². The zero-order valence-corrected chi connectivity index (χ0v) is 19.7. The lowest BCUT2D eigenvalue weighted by molar-refractivity contribution is -0.136. The molecule has 1 aliphatic rings. The molecule has 2 rings (SSSR count). The van der Waals surface area contributed by atoms with E-state index in [4.69, 9.17) is 18.9 Å². The fourth-order valence-corrected chi connectivity index (χ4v) is 3.35. The number of amides is 2. The topological polar surface area (TPSA) is 103 Å². The highest BCUT2D eigenvalue weighted by Gasteiger charge is 2.52. The lowest BCUT2D eigenvalue weighted by Crippen LogP contribution is -2.55. The van der Waals surface area contributed by atoms with Crippen LogP contribution in [0.5, 0.6) is 0 Å². The van der Waals surface area contributed by atoms with Gasteiger partial charge in [0.1, 0.15) is 23.6 Å². The number of alkyl carbamates (subject to hydrolysis) is 1. The first-order valence-electron chi connectivity index (χ1n) is 10.2. The molecule has 1 aromatic carbocycles. The number of nitrogens with zero attached hydrogens (tertiary/aromatic N) is 1. The Balaban J connectivity index is 2.26. The van der Waals surface area contributed by atoms with Gasteiger partial charge in [-0.15, -0.1) is 0 Å². The summed E-state index contributed by atoms with van der Waals surface area (Å²) in [7, 11) is 1.19. The number of rotatable bonds is 5. The summed E-state index contributed by atoms with van der Waals surface area (Å²) in [6.45, 7) is 10.5. The van der Waals surface area contributed by atoms with Crippen molar-refractivity contribution in [1.29, 1.82) is 0 Å². The van der Waals surface area contributed by atoms with Gasteiger partial charge in [0.15, 0.2) is 0 Å². The van der Waals surface area contributed by atoms with Gasteiger partial charge in [-0.2, -0.15) is 0 Å². The summed E-state index contributed by atoms with van der Waals surface area (Å²) < 4.78 is 21.4. The van der Waals surface area contributed by atoms with Gasteiger partial charge in [0.25, 0.3) is 0 Å². The van der Waals surface area contributed by atoms with Gasteiger partial charge in [0.05, 0.1) is 19.3 Å². The van der Waals surface area contributed by atoms with Gasteiger partial charge in [-0.05, 0) is 53.2 Å². The van der Waals surface area contributed by atoms with Crippen LogP contribution in [0.2, 0.25) is 0 Å². The second kappa shape index (κ2) is 9.60. The van der Waals surface area contributed by atoms with Crippen LogP contribution in [0, 0.1) is 0 Å². The fraction of sp³-hybridized carbons (Fsp3) is 0.522. The maximum atomic E-state index is 13.0. The molecule has 1 atom stereocenters. The molecule has 0 aromatic heterocycles. The normalized spacial score (nSPS) is 20.5. The molecule has 1 aliphatic heterocycles. The van der Waals surface area contributed by atoms with Crippen molar-refractivity contribution in [3.63, 3.8) is 0 Å². The molecule has 1 fully saturated rings. The minimum Gasteiger partial charge on any atom is -0.464 e. The molecule has 9 heteroatoms. The van der Waals surface area contributed by atoms with E-state index in [0.717, 1.165) is 5.56 Å². The molecule has 176 valence electrons. The van der Waals surface area contributed by atoms with E-state index in [1.807, 2.05) is 30.3 Å². The first-order chi connectivity index (χ1) is 14.8. The summed E-state index contributed by atoms with van der Waals surface area (Å²) in [6, 6.07) is 9.11. The Labute approximate surface area is 188 Å². The molecular weight excluding hydrogens is 416 g/mol. The smallest absolute Gasteiger partial charge is 0.413 e. The number of ether oxygens (including phenoxy) is 4. The zero-order valence-electron chi connectivity index (χ0n) is 19.7. The molecular formula is C23H32N2O7. The van der Waals surface area contributed by atoms with Gasteiger partial charge in [0.2, 0.25) is 0 Å². The highest BCUT2D eigenvalue weighted by molar-refractivity contribution is 5.92. The van der Waals surface area contributed by atoms with Gasteiger partial charge >= 0.3 is 18.2 Å². The minimum atomic E-state index is -1.11. The van der Waals surface area contributed by atoms with Crippen LogP contribution in [-0.4, -0.2) is 53.6 Å². The van der Waals surface area contributed by atoms with Crippen LogP contribution in [0.25, 0.3) is 0 Å². The van der Waals surface area contributed by atoms with E-state index in [0.29, 0.717) is 0 Å². The molecule has 0 aliphatic carbocycles. The Morgan fingerprint density at radius 1 is 1.16 bits per heavy atom. The second-order valence-electron chi connectivity index (χ2n) is 9.14. The van der Waals surface area contributed by atoms with Gasteiger partial charge in [-0.1, -0.05) is 30.3 Å². The van der Waals surface area contributed by atoms with Gasteiger partial charge in [-0.3, -0.25) is 10.2 Å². The Hall–Kier alpha value is -3.07. The molecule has 9 nitrogen and oxygen atoms in total. The Morgan fingerprint density at radius 3 is 2.34 bits per heavy atom. The fourth-order valence-electron chi connectivity index (χ4n) is 3.35. The summed E-state index contributed by atoms with van der Waals surface area (Å²) in [6.07, 6.45) is -0.0351. The van der Waals surface area contributed by atoms with Crippen LogP contribution >= 0.6 is 0 Å². The van der Waals surface area contributed by atoms with Gasteiger partial charge in [-0.25, -0.2) is 14.4 Å². The molecule has 2 amide bonds. The maximum Gasteiger partial charge on any atom is 0.413 e. The van der Waals surface area contributed by atoms with Crippen molar-refractivity contribution >= 4 is 18.2 Å². The van der Waals surface area contributed by atoms with E-state index >= 15 is 0 Å². The van der Waals surface area contributed by atoms with Crippen LogP contribution in [0.1, 0.15) is 47.1 Å². The van der Waals surface area contributed by atoms with Crippen molar-refractivity contribution < 1.29 is 33.3 Å². The average molecular weight is 449 g/mol. The maximum absolute atomic E-state index is 13.0. The average Bonchev–Trinajstić information content (AvgIpc) is 2.93. The molecule has 0 unspecified atom stereocenters. The first kappa shape index (κ1) is 25.2. The third-order valence-corrected chi connectivity index (χ3v) is 4.65. The standard InChI is InChI=1S/C23H32N2O7/c1-21(2,3)32-20(28)25-22(4,5)31-15-23(25,6)13-17(18(26)29-7)24-19(27)30-14-16-11-9-8-10-12-16/h8-13H,14-15H2,1-7H3,(H,24,27)/b17-13+/t23-/m1/s1. The van der Waals surface area contributed by atoms with E-state index < -0.39 is 35.0 Å². The first-order valence-corrected chi connectivity index (χ1v) is 10.2. The van der Waals surface area contributed by atoms with E-state index in [2.05, 4.69) is 5.32 Å². The molecule has 1 aromatic rings. The number of methoxy groups -OCH3 is 1. The predicted octanol–water partition coefficient (Wildman–Crippen LogP) is 3.73. The Kier molecular flexibility index (Phi) is 7.56. The lowest BCUT2D eigenvalue weighted by Gasteiger charge is -2.39. The summed E-state index contributed by atoms with van der Waals surface area (Å²) in [4.78, 5) is 39.1. The quantitative estimate of drug-likeness (QED) is 0.416. The van der Waals surface area contributed by atoms with E-state index in [-0.39, 0.29) is 18.9 Å². The molecule has 0 saturated carbocycles. The number of carbonyl (C=O) groups excluding carboxylic acids is 3. The summed E-state index contributed by atoms with van der Waals surface area (Å²) >= 11 is 0. The third kappa shape index (κ3) is 6.46. The van der Waals surface area contributed by atoms with Gasteiger partial charge < -0.3 is 18.9 Å². The number of esters is 1. The van der Waals surface area contributed by atoms with Crippen LogP contribution in [-0.2, 0) is 30.3 Å². The monoisotopic (exact) mass is 448 g/mol. The van der Waals surface area contributed by atoms with Crippen molar-refractivity contribution in [2.24, 2.45) is 0 Å². The number of nitrogens with one attached hydrogen (secondary N) is 1. The molecule has 0 radical (unpaired) electrons. The number of hydrogen-bond acceptors (Lipinski definition) is 7. The van der Waals surface area contributed by atoms with Crippen LogP contribution < -0.4 is 5.32 Å². The molecule has 32 heavy (non-hydrogen) atoms. The predicted molar refractivity (Wildman–Crippen MR) is 116 cm³/mol. The highest BCUT2D eigenvalue weighted by atomic mass is 16.6. The second-order valence-corrected chi connectivity index (χ2v) is 9.14. The SMILES string of the molecule is COC(=O)/C(=C\[C@]1(C)COC(C)(C)N1C(=O)OC(C)(C)C)NC(=O)OCc1ccccc1. The van der Waals surface area contributed by atoms with Crippen LogP contribution in [0.3, 0.4) is 0 Å². The Bertz CT molecular complexity index is 874. The number of benzene rings is 1. The van der Waals surface area contributed by atoms with Crippen molar-refractivity contribution in [3.8, 4) is 0 Å². The molecule has 0 spiro atoms. The largest absolute Gasteiger partial charge is 0.464 e. The molecule has 0 bridgehead atoms. The van der Waals surface area contributed by atoms with Crippen molar-refractivity contribution in [3.05, 3.63) is 47.7 Å². The third-order valence-electron chi connectivity index (χ3n) is 4.65. The number of carbonyl (C=O) groups is 3. The van der Waals surface area contributed by atoms with E-state index in [9.17, 15) is 14.4 Å².